The third kappa shape index (κ3) is 2.97. The number of aromatic nitrogens is 2. The van der Waals surface area contributed by atoms with Gasteiger partial charge in [0.25, 0.3) is 5.56 Å². The lowest BCUT2D eigenvalue weighted by atomic mass is 10.1. The topological polar surface area (TPSA) is 85.6 Å². The normalized spacial score (nSPS) is 18.1. The van der Waals surface area contributed by atoms with Gasteiger partial charge >= 0.3 is 11.7 Å². The summed E-state index contributed by atoms with van der Waals surface area (Å²) in [6, 6.07) is -0.0841. The molecule has 2 aromatic heterocycles. The molecule has 28 heavy (non-hydrogen) atoms. The molecule has 1 aliphatic heterocycles. The van der Waals surface area contributed by atoms with Gasteiger partial charge in [0.2, 0.25) is 0 Å². The Labute approximate surface area is 166 Å². The molecule has 0 spiro atoms. The molecule has 152 valence electrons. The zero-order valence-corrected chi connectivity index (χ0v) is 17.4. The average Bonchev–Trinajstić information content (AvgIpc) is 3.10. The number of hydrogen-bond donors (Lipinski definition) is 1. The van der Waals surface area contributed by atoms with Gasteiger partial charge in [-0.05, 0) is 31.7 Å². The number of amides is 2. The molecule has 2 amide bonds. The average molecular weight is 407 g/mol. The van der Waals surface area contributed by atoms with Crippen molar-refractivity contribution in [2.24, 2.45) is 0 Å². The number of rotatable bonds is 7. The highest BCUT2D eigenvalue weighted by molar-refractivity contribution is 7.18. The number of aryl methyl sites for hydroxylation is 1. The lowest BCUT2D eigenvalue weighted by Crippen LogP contribution is -2.45. The van der Waals surface area contributed by atoms with Crippen LogP contribution in [-0.4, -0.2) is 46.9 Å². The Bertz CT molecular complexity index is 1050. The van der Waals surface area contributed by atoms with E-state index in [0.717, 1.165) is 23.3 Å². The highest BCUT2D eigenvalue weighted by Crippen LogP contribution is 2.41. The Kier molecular flexibility index (Phi) is 4.83. The number of hydrogen-bond acceptors (Lipinski definition) is 5. The molecule has 3 heterocycles. The Morgan fingerprint density at radius 2 is 2.00 bits per heavy atom. The molecule has 2 aliphatic rings. The van der Waals surface area contributed by atoms with E-state index < -0.39 is 0 Å². The summed E-state index contributed by atoms with van der Waals surface area (Å²) < 4.78 is 8.33. The number of urea groups is 1. The molecule has 4 rings (SSSR count). The summed E-state index contributed by atoms with van der Waals surface area (Å²) in [7, 11) is 1.60. The maximum Gasteiger partial charge on any atom is 0.332 e. The molecular weight excluding hydrogens is 380 g/mol. The number of methoxy groups -OCH3 is 1. The smallest absolute Gasteiger partial charge is 0.332 e. The lowest BCUT2D eigenvalue weighted by Gasteiger charge is -2.16. The predicted octanol–water partition coefficient (Wildman–Crippen LogP) is 1.47. The fourth-order valence-corrected chi connectivity index (χ4v) is 5.33. The molecular formula is C19H26N4O4S. The number of carbonyl (C=O) groups is 1. The van der Waals surface area contributed by atoms with Gasteiger partial charge in [0.15, 0.2) is 0 Å². The van der Waals surface area contributed by atoms with Crippen LogP contribution in [-0.2, 0) is 29.8 Å². The molecule has 2 fully saturated rings. The van der Waals surface area contributed by atoms with Crippen molar-refractivity contribution < 1.29 is 9.53 Å². The van der Waals surface area contributed by atoms with Gasteiger partial charge in [-0.15, -0.1) is 11.3 Å². The fourth-order valence-electron chi connectivity index (χ4n) is 3.91. The maximum atomic E-state index is 13.4. The zero-order chi connectivity index (χ0) is 20.1. The molecule has 0 aromatic carbocycles. The van der Waals surface area contributed by atoms with E-state index in [-0.39, 0.29) is 22.8 Å². The van der Waals surface area contributed by atoms with E-state index >= 15 is 0 Å². The first-order chi connectivity index (χ1) is 13.4. The summed E-state index contributed by atoms with van der Waals surface area (Å²) in [5.41, 5.74) is 0.107. The molecule has 1 saturated heterocycles. The van der Waals surface area contributed by atoms with Crippen LogP contribution in [0.1, 0.15) is 37.1 Å². The molecule has 0 atom stereocenters. The van der Waals surface area contributed by atoms with Crippen LogP contribution in [0.15, 0.2) is 9.59 Å². The maximum absolute atomic E-state index is 13.4. The van der Waals surface area contributed by atoms with Crippen molar-refractivity contribution in [2.75, 3.05) is 26.8 Å². The molecule has 1 N–H and O–H groups in total. The van der Waals surface area contributed by atoms with Gasteiger partial charge < -0.3 is 15.0 Å². The molecule has 0 radical (unpaired) electrons. The van der Waals surface area contributed by atoms with Crippen molar-refractivity contribution >= 4 is 27.6 Å². The molecule has 0 unspecified atom stereocenters. The van der Waals surface area contributed by atoms with Crippen LogP contribution in [0.25, 0.3) is 10.2 Å². The molecule has 2 aromatic rings. The number of carbonyl (C=O) groups excluding carboxylic acids is 1. The zero-order valence-electron chi connectivity index (χ0n) is 16.5. The predicted molar refractivity (Wildman–Crippen MR) is 108 cm³/mol. The van der Waals surface area contributed by atoms with Gasteiger partial charge in [-0.2, -0.15) is 0 Å². The second kappa shape index (κ2) is 7.04. The van der Waals surface area contributed by atoms with Crippen LogP contribution < -0.4 is 16.6 Å². The van der Waals surface area contributed by atoms with Crippen LogP contribution >= 0.6 is 11.3 Å². The second-order valence-electron chi connectivity index (χ2n) is 7.76. The number of ether oxygens (including phenoxy) is 1. The largest absolute Gasteiger partial charge is 0.383 e. The van der Waals surface area contributed by atoms with Gasteiger partial charge in [-0.1, -0.05) is 6.92 Å². The van der Waals surface area contributed by atoms with E-state index in [0.29, 0.717) is 49.4 Å². The monoisotopic (exact) mass is 406 g/mol. The molecule has 1 aliphatic carbocycles. The first-order valence-electron chi connectivity index (χ1n) is 9.73. The molecule has 9 heteroatoms. The molecule has 1 saturated carbocycles. The third-order valence-electron chi connectivity index (χ3n) is 5.82. The minimum Gasteiger partial charge on any atom is -0.383 e. The fraction of sp³-hybridized carbons (Fsp3) is 0.632. The van der Waals surface area contributed by atoms with E-state index in [9.17, 15) is 14.4 Å². The number of nitrogens with zero attached hydrogens (tertiary/aromatic N) is 3. The van der Waals surface area contributed by atoms with Crippen molar-refractivity contribution in [3.8, 4) is 0 Å². The lowest BCUT2D eigenvalue weighted by molar-refractivity contribution is 0.186. The quantitative estimate of drug-likeness (QED) is 0.755. The van der Waals surface area contributed by atoms with Crippen LogP contribution in [0.5, 0.6) is 0 Å². The molecule has 8 nitrogen and oxygen atoms in total. The van der Waals surface area contributed by atoms with Crippen molar-refractivity contribution in [2.45, 2.75) is 51.7 Å². The summed E-state index contributed by atoms with van der Waals surface area (Å²) in [5.74, 6) is 0. The second-order valence-corrected chi connectivity index (χ2v) is 8.84. The summed E-state index contributed by atoms with van der Waals surface area (Å²) in [4.78, 5) is 42.0. The van der Waals surface area contributed by atoms with E-state index in [4.69, 9.17) is 4.74 Å². The van der Waals surface area contributed by atoms with Gasteiger partial charge in [0.1, 0.15) is 4.83 Å². The Balaban J connectivity index is 1.94. The van der Waals surface area contributed by atoms with Crippen molar-refractivity contribution in [1.29, 1.82) is 0 Å². The summed E-state index contributed by atoms with van der Waals surface area (Å²) in [6.07, 6.45) is 2.36. The summed E-state index contributed by atoms with van der Waals surface area (Å²) in [5, 5.41) is 3.44. The highest BCUT2D eigenvalue weighted by Gasteiger charge is 2.43. The van der Waals surface area contributed by atoms with Crippen LogP contribution in [0.3, 0.4) is 0 Å². The Morgan fingerprint density at radius 3 is 2.57 bits per heavy atom. The van der Waals surface area contributed by atoms with Crippen molar-refractivity contribution in [3.05, 3.63) is 31.3 Å². The standard InChI is InChI=1S/C19H26N4O4S/c1-4-12-13(11-21-8-7-20-17(21)25)28-16-14(12)15(24)23(19(2)5-6-19)18(26)22(16)9-10-27-3/h4-11H2,1-3H3,(H,20,25). The van der Waals surface area contributed by atoms with Gasteiger partial charge in [0, 0.05) is 25.1 Å². The first kappa shape index (κ1) is 19.2. The molecule has 0 bridgehead atoms. The summed E-state index contributed by atoms with van der Waals surface area (Å²) in [6.45, 7) is 6.52. The number of thiophene rings is 1. The van der Waals surface area contributed by atoms with E-state index in [1.165, 1.54) is 15.9 Å². The number of fused-ring (bicyclic) bond motifs is 1. The van der Waals surface area contributed by atoms with Crippen LogP contribution in [0, 0.1) is 0 Å². The van der Waals surface area contributed by atoms with Gasteiger partial charge in [-0.25, -0.2) is 9.59 Å². The Hall–Kier alpha value is -2.13. The third-order valence-corrected chi connectivity index (χ3v) is 7.06. The van der Waals surface area contributed by atoms with Gasteiger partial charge in [-0.3, -0.25) is 13.9 Å². The highest BCUT2D eigenvalue weighted by atomic mass is 32.1. The first-order valence-corrected chi connectivity index (χ1v) is 10.5. The minimum absolute atomic E-state index is 0.0841. The van der Waals surface area contributed by atoms with E-state index in [1.54, 1.807) is 16.6 Å². The van der Waals surface area contributed by atoms with Crippen molar-refractivity contribution in [1.82, 2.24) is 19.4 Å². The van der Waals surface area contributed by atoms with Crippen molar-refractivity contribution in [3.63, 3.8) is 0 Å². The number of nitrogens with one attached hydrogen (secondary N) is 1. The van der Waals surface area contributed by atoms with E-state index in [1.807, 2.05) is 13.8 Å². The van der Waals surface area contributed by atoms with Gasteiger partial charge in [0.05, 0.1) is 30.6 Å². The summed E-state index contributed by atoms with van der Waals surface area (Å²) >= 11 is 1.45. The minimum atomic E-state index is -0.390. The SMILES string of the molecule is CCc1c(CN2CCNC2=O)sc2c1c(=O)n(C1(C)CC1)c(=O)n2CCOC. The van der Waals surface area contributed by atoms with Crippen LogP contribution in [0.2, 0.25) is 0 Å². The van der Waals surface area contributed by atoms with Crippen LogP contribution in [0.4, 0.5) is 4.79 Å². The Morgan fingerprint density at radius 1 is 1.25 bits per heavy atom. The van der Waals surface area contributed by atoms with E-state index in [2.05, 4.69) is 5.32 Å².